The fraction of sp³-hybridized carbons (Fsp3) is 0.500. The molecule has 9 heavy (non-hydrogen) atoms. The molecule has 3 nitrogen and oxygen atoms in total. The van der Waals surface area contributed by atoms with Gasteiger partial charge in [0.05, 0.1) is 6.54 Å². The van der Waals surface area contributed by atoms with Gasteiger partial charge in [0, 0.05) is 0 Å². The molecule has 1 fully saturated rings. The van der Waals surface area contributed by atoms with Gasteiger partial charge in [-0.1, -0.05) is 6.08 Å². The minimum Gasteiger partial charge on any atom is -0.440 e. The smallest absolute Gasteiger partial charge is 0.407 e. The first kappa shape index (κ1) is 6.13. The van der Waals surface area contributed by atoms with Crippen LogP contribution in [-0.4, -0.2) is 18.7 Å². The van der Waals surface area contributed by atoms with Gasteiger partial charge in [0.1, 0.15) is 6.10 Å². The average Bonchev–Trinajstić information content (AvgIpc) is 2.17. The maximum atomic E-state index is 10.4. The number of rotatable bonds is 1. The number of cyclic esters (lactones) is 1. The summed E-state index contributed by atoms with van der Waals surface area (Å²) in [4.78, 5) is 10.4. The lowest BCUT2D eigenvalue weighted by molar-refractivity contribution is 0.158. The maximum absolute atomic E-state index is 10.4. The van der Waals surface area contributed by atoms with Crippen molar-refractivity contribution in [2.45, 2.75) is 13.0 Å². The van der Waals surface area contributed by atoms with E-state index in [0.717, 1.165) is 0 Å². The number of hydrogen-bond donors (Lipinski definition) is 1. The van der Waals surface area contributed by atoms with Crippen LogP contribution in [0.2, 0.25) is 0 Å². The van der Waals surface area contributed by atoms with E-state index >= 15 is 0 Å². The molecule has 1 aliphatic heterocycles. The molecule has 1 aliphatic rings. The summed E-state index contributed by atoms with van der Waals surface area (Å²) in [6.07, 6.45) is 3.34. The molecule has 0 saturated carbocycles. The van der Waals surface area contributed by atoms with Crippen LogP contribution in [0, 0.1) is 0 Å². The quantitative estimate of drug-likeness (QED) is 0.526. The van der Waals surface area contributed by atoms with E-state index in [1.54, 1.807) is 0 Å². The second-order valence-electron chi connectivity index (χ2n) is 1.85. The summed E-state index contributed by atoms with van der Waals surface area (Å²) in [5.41, 5.74) is 0. The number of allylic oxidation sites excluding steroid dienone is 1. The van der Waals surface area contributed by atoms with Gasteiger partial charge in [-0.15, -0.1) is 0 Å². The summed E-state index contributed by atoms with van der Waals surface area (Å²) in [6, 6.07) is 0. The predicted octanol–water partition coefficient (Wildman–Crippen LogP) is 0.671. The normalized spacial score (nSPS) is 26.3. The Morgan fingerprint density at radius 3 is 3.11 bits per heavy atom. The van der Waals surface area contributed by atoms with Gasteiger partial charge in [-0.3, -0.25) is 0 Å². The van der Waals surface area contributed by atoms with Crippen molar-refractivity contribution in [1.82, 2.24) is 5.32 Å². The number of hydrogen-bond acceptors (Lipinski definition) is 2. The molecule has 1 heterocycles. The third-order valence-electron chi connectivity index (χ3n) is 1.11. The third-order valence-corrected chi connectivity index (χ3v) is 1.11. The van der Waals surface area contributed by atoms with E-state index in [4.69, 9.17) is 4.74 Å². The first-order chi connectivity index (χ1) is 4.33. The molecule has 0 aliphatic carbocycles. The molecular formula is C6H9NO2. The predicted molar refractivity (Wildman–Crippen MR) is 33.1 cm³/mol. The lowest BCUT2D eigenvalue weighted by Gasteiger charge is -1.96. The van der Waals surface area contributed by atoms with Gasteiger partial charge in [0.2, 0.25) is 0 Å². The molecule has 50 valence electrons. The van der Waals surface area contributed by atoms with Crippen LogP contribution in [0.15, 0.2) is 12.2 Å². The van der Waals surface area contributed by atoms with Crippen LogP contribution in [0.1, 0.15) is 6.92 Å². The van der Waals surface area contributed by atoms with Gasteiger partial charge in [-0.25, -0.2) is 4.79 Å². The van der Waals surface area contributed by atoms with E-state index in [0.29, 0.717) is 6.54 Å². The van der Waals surface area contributed by atoms with Crippen molar-refractivity contribution in [2.24, 2.45) is 0 Å². The molecule has 0 unspecified atom stereocenters. The van der Waals surface area contributed by atoms with E-state index in [-0.39, 0.29) is 12.2 Å². The fourth-order valence-electron chi connectivity index (χ4n) is 0.727. The van der Waals surface area contributed by atoms with Crippen molar-refractivity contribution in [2.75, 3.05) is 6.54 Å². The number of ether oxygens (including phenoxy) is 1. The zero-order valence-corrected chi connectivity index (χ0v) is 5.26. The molecule has 0 aromatic heterocycles. The van der Waals surface area contributed by atoms with Crippen molar-refractivity contribution in [3.8, 4) is 0 Å². The second-order valence-corrected chi connectivity index (χ2v) is 1.85. The van der Waals surface area contributed by atoms with Crippen LogP contribution in [0.5, 0.6) is 0 Å². The van der Waals surface area contributed by atoms with Gasteiger partial charge in [-0.05, 0) is 13.0 Å². The second kappa shape index (κ2) is 2.53. The number of nitrogens with one attached hydrogen (secondary N) is 1. The average molecular weight is 127 g/mol. The van der Waals surface area contributed by atoms with E-state index in [2.05, 4.69) is 5.32 Å². The lowest BCUT2D eigenvalue weighted by atomic mass is 10.3. The summed E-state index contributed by atoms with van der Waals surface area (Å²) in [5.74, 6) is 0. The third kappa shape index (κ3) is 1.45. The first-order valence-corrected chi connectivity index (χ1v) is 2.90. The molecular weight excluding hydrogens is 118 g/mol. The Hall–Kier alpha value is -0.990. The van der Waals surface area contributed by atoms with Gasteiger partial charge >= 0.3 is 6.09 Å². The minimum atomic E-state index is -0.321. The van der Waals surface area contributed by atoms with Crippen LogP contribution < -0.4 is 5.32 Å². The van der Waals surface area contributed by atoms with Crippen LogP contribution >= 0.6 is 0 Å². The van der Waals surface area contributed by atoms with Crippen molar-refractivity contribution in [3.05, 3.63) is 12.2 Å². The van der Waals surface area contributed by atoms with Gasteiger partial charge in [0.25, 0.3) is 0 Å². The number of alkyl carbamates (subject to hydrolysis) is 1. The monoisotopic (exact) mass is 127 g/mol. The minimum absolute atomic E-state index is 0.0532. The Morgan fingerprint density at radius 2 is 2.67 bits per heavy atom. The highest BCUT2D eigenvalue weighted by Crippen LogP contribution is 2.00. The Morgan fingerprint density at radius 1 is 1.89 bits per heavy atom. The van der Waals surface area contributed by atoms with E-state index in [9.17, 15) is 4.79 Å². The summed E-state index contributed by atoms with van der Waals surface area (Å²) in [7, 11) is 0. The number of carbonyl (C=O) groups is 1. The Labute approximate surface area is 53.7 Å². The number of carbonyl (C=O) groups excluding carboxylic acids is 1. The van der Waals surface area contributed by atoms with Crippen LogP contribution in [0.25, 0.3) is 0 Å². The molecule has 3 heteroatoms. The fourth-order valence-corrected chi connectivity index (χ4v) is 0.727. The lowest BCUT2D eigenvalue weighted by Crippen LogP contribution is -2.13. The highest BCUT2D eigenvalue weighted by molar-refractivity contribution is 5.69. The summed E-state index contributed by atoms with van der Waals surface area (Å²) >= 11 is 0. The topological polar surface area (TPSA) is 38.3 Å². The zero-order chi connectivity index (χ0) is 6.69. The molecule has 0 bridgehead atoms. The zero-order valence-electron chi connectivity index (χ0n) is 5.26. The van der Waals surface area contributed by atoms with Crippen molar-refractivity contribution in [1.29, 1.82) is 0 Å². The SMILES string of the molecule is C/C=C/[C@@H]1CNC(=O)O1. The van der Waals surface area contributed by atoms with Gasteiger partial charge in [-0.2, -0.15) is 0 Å². The highest BCUT2D eigenvalue weighted by Gasteiger charge is 2.18. The molecule has 0 radical (unpaired) electrons. The van der Waals surface area contributed by atoms with E-state index in [1.807, 2.05) is 19.1 Å². The van der Waals surface area contributed by atoms with Crippen molar-refractivity contribution < 1.29 is 9.53 Å². The van der Waals surface area contributed by atoms with Crippen LogP contribution in [0.4, 0.5) is 4.79 Å². The highest BCUT2D eigenvalue weighted by atomic mass is 16.6. The van der Waals surface area contributed by atoms with Crippen molar-refractivity contribution in [3.63, 3.8) is 0 Å². The summed E-state index contributed by atoms with van der Waals surface area (Å²) in [5, 5.41) is 2.54. The van der Waals surface area contributed by atoms with Crippen LogP contribution in [0.3, 0.4) is 0 Å². The first-order valence-electron chi connectivity index (χ1n) is 2.90. The molecule has 0 aromatic carbocycles. The standard InChI is InChI=1S/C6H9NO2/c1-2-3-5-4-7-6(8)9-5/h2-3,5H,4H2,1H3,(H,7,8)/b3-2+/t5-/m1/s1. The molecule has 1 rings (SSSR count). The molecule has 1 amide bonds. The molecule has 1 N–H and O–H groups in total. The summed E-state index contributed by atoms with van der Waals surface area (Å²) < 4.78 is 4.76. The molecule has 0 aromatic rings. The molecule has 1 atom stereocenters. The summed E-state index contributed by atoms with van der Waals surface area (Å²) in [6.45, 7) is 2.50. The van der Waals surface area contributed by atoms with Gasteiger partial charge in [0.15, 0.2) is 0 Å². The van der Waals surface area contributed by atoms with E-state index < -0.39 is 0 Å². The Balaban J connectivity index is 2.39. The molecule has 1 saturated heterocycles. The van der Waals surface area contributed by atoms with E-state index in [1.165, 1.54) is 0 Å². The Kier molecular flexibility index (Phi) is 1.72. The number of amides is 1. The van der Waals surface area contributed by atoms with Crippen molar-refractivity contribution >= 4 is 6.09 Å². The van der Waals surface area contributed by atoms with Crippen LogP contribution in [-0.2, 0) is 4.74 Å². The van der Waals surface area contributed by atoms with Gasteiger partial charge < -0.3 is 10.1 Å². The maximum Gasteiger partial charge on any atom is 0.407 e. The largest absolute Gasteiger partial charge is 0.440 e. The molecule has 0 spiro atoms. The Bertz CT molecular complexity index is 142.